The van der Waals surface area contributed by atoms with Crippen LogP contribution in [0.15, 0.2) is 6.20 Å². The lowest BCUT2D eigenvalue weighted by Gasteiger charge is -2.34. The first-order valence-corrected chi connectivity index (χ1v) is 6.33. The fourth-order valence-electron chi connectivity index (χ4n) is 2.38. The van der Waals surface area contributed by atoms with Crippen LogP contribution in [0.1, 0.15) is 37.0 Å². The highest BCUT2D eigenvalue weighted by atomic mass is 32.1. The van der Waals surface area contributed by atoms with Gasteiger partial charge in [0.15, 0.2) is 0 Å². The maximum atomic E-state index is 5.96. The molecular formula is C11H18N2OS. The third-order valence-electron chi connectivity index (χ3n) is 3.38. The maximum Gasteiger partial charge on any atom is 0.273 e. The molecule has 2 rings (SSSR count). The van der Waals surface area contributed by atoms with E-state index in [9.17, 15) is 0 Å². The van der Waals surface area contributed by atoms with Crippen LogP contribution in [0.5, 0.6) is 5.19 Å². The van der Waals surface area contributed by atoms with Gasteiger partial charge in [0, 0.05) is 23.0 Å². The molecule has 0 aliphatic heterocycles. The van der Waals surface area contributed by atoms with Crippen molar-refractivity contribution in [2.24, 2.45) is 5.73 Å². The van der Waals surface area contributed by atoms with Crippen molar-refractivity contribution in [2.75, 3.05) is 13.7 Å². The molecule has 1 saturated carbocycles. The van der Waals surface area contributed by atoms with Gasteiger partial charge in [0.2, 0.25) is 0 Å². The molecule has 3 nitrogen and oxygen atoms in total. The second kappa shape index (κ2) is 4.49. The Balaban J connectivity index is 2.24. The Kier molecular flexibility index (Phi) is 3.26. The SMILES string of the molecule is COc1ncc(C2(CN)CCCCC2)s1. The number of aromatic nitrogens is 1. The molecule has 0 unspecified atom stereocenters. The quantitative estimate of drug-likeness (QED) is 0.860. The van der Waals surface area contributed by atoms with Gasteiger partial charge in [-0.05, 0) is 12.8 Å². The highest BCUT2D eigenvalue weighted by Crippen LogP contribution is 2.42. The van der Waals surface area contributed by atoms with Crippen LogP contribution in [0.25, 0.3) is 0 Å². The number of hydrogen-bond donors (Lipinski definition) is 1. The monoisotopic (exact) mass is 226 g/mol. The highest BCUT2D eigenvalue weighted by molar-refractivity contribution is 7.13. The molecule has 1 aliphatic carbocycles. The molecule has 0 atom stereocenters. The number of ether oxygens (including phenoxy) is 1. The van der Waals surface area contributed by atoms with Gasteiger partial charge in [0.25, 0.3) is 5.19 Å². The fourth-order valence-corrected chi connectivity index (χ4v) is 3.36. The number of thiazole rings is 1. The van der Waals surface area contributed by atoms with E-state index in [4.69, 9.17) is 10.5 Å². The van der Waals surface area contributed by atoms with Crippen molar-refractivity contribution in [2.45, 2.75) is 37.5 Å². The van der Waals surface area contributed by atoms with Gasteiger partial charge < -0.3 is 10.5 Å². The summed E-state index contributed by atoms with van der Waals surface area (Å²) in [5.41, 5.74) is 6.15. The van der Waals surface area contributed by atoms with Gasteiger partial charge in [-0.15, -0.1) is 0 Å². The Morgan fingerprint density at radius 2 is 2.20 bits per heavy atom. The normalized spacial score (nSPS) is 20.1. The van der Waals surface area contributed by atoms with Gasteiger partial charge in [-0.2, -0.15) is 0 Å². The molecular weight excluding hydrogens is 208 g/mol. The minimum Gasteiger partial charge on any atom is -0.473 e. The standard InChI is InChI=1S/C11H18N2OS/c1-14-10-13-7-9(15-10)11(8-12)5-3-2-4-6-11/h7H,2-6,8,12H2,1H3. The van der Waals surface area contributed by atoms with E-state index in [0.717, 1.165) is 11.7 Å². The first-order valence-electron chi connectivity index (χ1n) is 5.51. The molecule has 0 saturated heterocycles. The van der Waals surface area contributed by atoms with Crippen molar-refractivity contribution in [3.05, 3.63) is 11.1 Å². The minimum absolute atomic E-state index is 0.187. The largest absolute Gasteiger partial charge is 0.473 e. The molecule has 2 N–H and O–H groups in total. The van der Waals surface area contributed by atoms with Crippen LogP contribution >= 0.6 is 11.3 Å². The number of nitrogens with two attached hydrogens (primary N) is 1. The molecule has 0 spiro atoms. The average Bonchev–Trinajstić information content (AvgIpc) is 2.79. The van der Waals surface area contributed by atoms with Crippen molar-refractivity contribution in [1.82, 2.24) is 4.98 Å². The summed E-state index contributed by atoms with van der Waals surface area (Å²) in [6.45, 7) is 0.734. The van der Waals surface area contributed by atoms with Crippen molar-refractivity contribution >= 4 is 11.3 Å². The lowest BCUT2D eigenvalue weighted by molar-refractivity contribution is 0.305. The molecule has 0 radical (unpaired) electrons. The summed E-state index contributed by atoms with van der Waals surface area (Å²) >= 11 is 1.65. The van der Waals surface area contributed by atoms with Gasteiger partial charge in [0.1, 0.15) is 0 Å². The van der Waals surface area contributed by atoms with Crippen LogP contribution in [0.2, 0.25) is 0 Å². The van der Waals surface area contributed by atoms with Crippen LogP contribution in [-0.2, 0) is 5.41 Å². The lowest BCUT2D eigenvalue weighted by atomic mass is 9.73. The predicted molar refractivity (Wildman–Crippen MR) is 62.5 cm³/mol. The molecule has 15 heavy (non-hydrogen) atoms. The van der Waals surface area contributed by atoms with E-state index in [-0.39, 0.29) is 5.41 Å². The van der Waals surface area contributed by atoms with Crippen molar-refractivity contribution in [1.29, 1.82) is 0 Å². The Morgan fingerprint density at radius 1 is 1.47 bits per heavy atom. The van der Waals surface area contributed by atoms with E-state index >= 15 is 0 Å². The van der Waals surface area contributed by atoms with Crippen molar-refractivity contribution in [3.8, 4) is 5.19 Å². The lowest BCUT2D eigenvalue weighted by Crippen LogP contribution is -2.36. The van der Waals surface area contributed by atoms with Crippen molar-refractivity contribution < 1.29 is 4.74 Å². The summed E-state index contributed by atoms with van der Waals surface area (Å²) in [7, 11) is 1.67. The summed E-state index contributed by atoms with van der Waals surface area (Å²) < 4.78 is 5.14. The Hall–Kier alpha value is -0.610. The molecule has 1 aliphatic rings. The first-order chi connectivity index (χ1) is 7.30. The number of nitrogens with zero attached hydrogens (tertiary/aromatic N) is 1. The molecule has 0 amide bonds. The second-order valence-corrected chi connectivity index (χ2v) is 5.23. The summed E-state index contributed by atoms with van der Waals surface area (Å²) in [5, 5.41) is 0.753. The summed E-state index contributed by atoms with van der Waals surface area (Å²) in [4.78, 5) is 5.55. The molecule has 84 valence electrons. The molecule has 0 aromatic carbocycles. The van der Waals surface area contributed by atoms with E-state index in [1.54, 1.807) is 18.4 Å². The molecule has 1 heterocycles. The fraction of sp³-hybridized carbons (Fsp3) is 0.727. The highest BCUT2D eigenvalue weighted by Gasteiger charge is 2.34. The number of methoxy groups -OCH3 is 1. The van der Waals surface area contributed by atoms with Gasteiger partial charge >= 0.3 is 0 Å². The minimum atomic E-state index is 0.187. The smallest absolute Gasteiger partial charge is 0.273 e. The summed E-state index contributed by atoms with van der Waals surface area (Å²) in [6, 6.07) is 0. The first kappa shape index (κ1) is 10.9. The summed E-state index contributed by atoms with van der Waals surface area (Å²) in [5.74, 6) is 0. The van der Waals surface area contributed by atoms with Gasteiger partial charge in [-0.3, -0.25) is 0 Å². The Labute approximate surface area is 94.7 Å². The van der Waals surface area contributed by atoms with Crippen LogP contribution in [-0.4, -0.2) is 18.6 Å². The Bertz CT molecular complexity index is 318. The van der Waals surface area contributed by atoms with Crippen molar-refractivity contribution in [3.63, 3.8) is 0 Å². The third-order valence-corrected chi connectivity index (χ3v) is 4.59. The van der Waals surface area contributed by atoms with E-state index in [1.807, 2.05) is 6.20 Å². The number of hydrogen-bond acceptors (Lipinski definition) is 4. The van der Waals surface area contributed by atoms with Crippen LogP contribution in [0, 0.1) is 0 Å². The summed E-state index contributed by atoms with van der Waals surface area (Å²) in [6.07, 6.45) is 8.28. The Morgan fingerprint density at radius 3 is 2.73 bits per heavy atom. The van der Waals surface area contributed by atoms with Gasteiger partial charge in [0.05, 0.1) is 7.11 Å². The van der Waals surface area contributed by atoms with E-state index in [1.165, 1.54) is 37.0 Å². The maximum absolute atomic E-state index is 5.96. The topological polar surface area (TPSA) is 48.1 Å². The van der Waals surface area contributed by atoms with E-state index in [0.29, 0.717) is 0 Å². The van der Waals surface area contributed by atoms with E-state index < -0.39 is 0 Å². The third kappa shape index (κ3) is 2.01. The zero-order chi connectivity index (χ0) is 10.7. The van der Waals surface area contributed by atoms with Crippen LogP contribution < -0.4 is 10.5 Å². The zero-order valence-electron chi connectivity index (χ0n) is 9.16. The predicted octanol–water partition coefficient (Wildman–Crippen LogP) is 2.31. The number of rotatable bonds is 3. The van der Waals surface area contributed by atoms with Gasteiger partial charge in [-0.1, -0.05) is 30.6 Å². The van der Waals surface area contributed by atoms with Gasteiger partial charge in [-0.25, -0.2) is 4.98 Å². The molecule has 1 aromatic heterocycles. The molecule has 1 fully saturated rings. The van der Waals surface area contributed by atoms with E-state index in [2.05, 4.69) is 4.98 Å². The average molecular weight is 226 g/mol. The second-order valence-electron chi connectivity index (χ2n) is 4.24. The molecule has 4 heteroatoms. The molecule has 1 aromatic rings. The van der Waals surface area contributed by atoms with Crippen LogP contribution in [0.4, 0.5) is 0 Å². The van der Waals surface area contributed by atoms with Crippen LogP contribution in [0.3, 0.4) is 0 Å². The zero-order valence-corrected chi connectivity index (χ0v) is 9.98. The molecule has 0 bridgehead atoms.